The Morgan fingerprint density at radius 3 is 2.14 bits per heavy atom. The summed E-state index contributed by atoms with van der Waals surface area (Å²) < 4.78 is 21.4. The molecule has 1 saturated heterocycles. The number of allylic oxidation sites excluding steroid dienone is 2. The third-order valence-corrected chi connectivity index (χ3v) is 6.57. The summed E-state index contributed by atoms with van der Waals surface area (Å²) in [4.78, 5) is 20.9. The SMILES string of the molecule is CCCCCCCC/C=C/CCCCCCCC(=O)OC[C@@H]1CCP(=O)(O)O1. The Morgan fingerprint density at radius 2 is 1.57 bits per heavy atom. The summed E-state index contributed by atoms with van der Waals surface area (Å²) in [5.41, 5.74) is 0. The normalized spacial score (nSPS) is 22.1. The van der Waals surface area contributed by atoms with Gasteiger partial charge < -0.3 is 14.2 Å². The Hall–Kier alpha value is -0.640. The lowest BCUT2D eigenvalue weighted by molar-refractivity contribution is -0.146. The van der Waals surface area contributed by atoms with Crippen molar-refractivity contribution in [1.82, 2.24) is 0 Å². The molecule has 0 radical (unpaired) electrons. The minimum Gasteiger partial charge on any atom is -0.463 e. The first-order chi connectivity index (χ1) is 13.5. The van der Waals surface area contributed by atoms with Crippen LogP contribution in [0.5, 0.6) is 0 Å². The first-order valence-corrected chi connectivity index (χ1v) is 13.1. The number of unbranched alkanes of at least 4 members (excludes halogenated alkanes) is 11. The molecule has 5 nitrogen and oxygen atoms in total. The van der Waals surface area contributed by atoms with Crippen LogP contribution in [0.15, 0.2) is 12.2 Å². The Bertz CT molecular complexity index is 478. The van der Waals surface area contributed by atoms with Gasteiger partial charge in [-0.2, -0.15) is 0 Å². The highest BCUT2D eigenvalue weighted by atomic mass is 31.2. The van der Waals surface area contributed by atoms with Crippen LogP contribution in [0.25, 0.3) is 0 Å². The molecular formula is C22H41O5P. The van der Waals surface area contributed by atoms with Gasteiger partial charge in [0.2, 0.25) is 0 Å². The molecule has 164 valence electrons. The Morgan fingerprint density at radius 1 is 1.00 bits per heavy atom. The van der Waals surface area contributed by atoms with E-state index >= 15 is 0 Å². The van der Waals surface area contributed by atoms with Crippen molar-refractivity contribution in [1.29, 1.82) is 0 Å². The molecule has 0 saturated carbocycles. The third kappa shape index (κ3) is 14.4. The quantitative estimate of drug-likeness (QED) is 0.126. The van der Waals surface area contributed by atoms with E-state index in [1.807, 2.05) is 0 Å². The third-order valence-electron chi connectivity index (χ3n) is 5.12. The molecule has 0 aromatic carbocycles. The molecule has 0 aromatic heterocycles. The average molecular weight is 417 g/mol. The Balaban J connectivity index is 1.81. The van der Waals surface area contributed by atoms with Gasteiger partial charge in [-0.3, -0.25) is 9.36 Å². The van der Waals surface area contributed by atoms with Crippen LogP contribution >= 0.6 is 7.60 Å². The van der Waals surface area contributed by atoms with Gasteiger partial charge in [0.1, 0.15) is 12.7 Å². The monoisotopic (exact) mass is 416 g/mol. The first-order valence-electron chi connectivity index (χ1n) is 11.3. The molecule has 0 spiro atoms. The van der Waals surface area contributed by atoms with E-state index in [2.05, 4.69) is 19.1 Å². The van der Waals surface area contributed by atoms with Crippen molar-refractivity contribution in [2.75, 3.05) is 12.8 Å². The molecule has 28 heavy (non-hydrogen) atoms. The van der Waals surface area contributed by atoms with E-state index in [1.165, 1.54) is 57.8 Å². The molecule has 1 aliphatic rings. The van der Waals surface area contributed by atoms with Crippen molar-refractivity contribution in [2.24, 2.45) is 0 Å². The summed E-state index contributed by atoms with van der Waals surface area (Å²) in [5, 5.41) is 0. The summed E-state index contributed by atoms with van der Waals surface area (Å²) in [6.07, 6.45) is 21.3. The van der Waals surface area contributed by atoms with Crippen molar-refractivity contribution in [3.63, 3.8) is 0 Å². The topological polar surface area (TPSA) is 72.8 Å². The summed E-state index contributed by atoms with van der Waals surface area (Å²) in [6, 6.07) is 0. The standard InChI is InChI=1S/C22H41O5P/c1-2-3-4-5-6-7-8-9-10-11-12-13-14-15-16-17-22(23)26-20-21-18-19-28(24,25)27-21/h9-10,21H,2-8,11-20H2,1H3,(H,24,25)/b10-9+/t21-/m0/s1. The summed E-state index contributed by atoms with van der Waals surface area (Å²) in [5.74, 6) is -0.235. The fraction of sp³-hybridized carbons (Fsp3) is 0.864. The van der Waals surface area contributed by atoms with Crippen molar-refractivity contribution in [2.45, 2.75) is 109 Å². The van der Waals surface area contributed by atoms with Crippen LogP contribution in [0.2, 0.25) is 0 Å². The molecule has 1 N–H and O–H groups in total. The molecule has 0 amide bonds. The maximum Gasteiger partial charge on any atom is 0.328 e. The van der Waals surface area contributed by atoms with Crippen LogP contribution in [-0.2, 0) is 18.6 Å². The van der Waals surface area contributed by atoms with Gasteiger partial charge in [0.25, 0.3) is 0 Å². The van der Waals surface area contributed by atoms with Gasteiger partial charge in [-0.25, -0.2) is 0 Å². The number of ether oxygens (including phenoxy) is 1. The smallest absolute Gasteiger partial charge is 0.328 e. The van der Waals surface area contributed by atoms with Gasteiger partial charge >= 0.3 is 13.6 Å². The minimum absolute atomic E-state index is 0.0917. The molecule has 6 heteroatoms. The zero-order valence-corrected chi connectivity index (χ0v) is 18.7. The number of hydrogen-bond acceptors (Lipinski definition) is 4. The predicted octanol–water partition coefficient (Wildman–Crippen LogP) is 6.54. The van der Waals surface area contributed by atoms with Crippen molar-refractivity contribution < 1.29 is 23.5 Å². The van der Waals surface area contributed by atoms with Gasteiger partial charge in [-0.1, -0.05) is 70.4 Å². The molecule has 1 fully saturated rings. The van der Waals surface area contributed by atoms with Gasteiger partial charge in [-0.05, 0) is 38.5 Å². The summed E-state index contributed by atoms with van der Waals surface area (Å²) >= 11 is 0. The second-order valence-electron chi connectivity index (χ2n) is 7.89. The molecule has 1 unspecified atom stereocenters. The highest BCUT2D eigenvalue weighted by molar-refractivity contribution is 7.53. The maximum atomic E-state index is 11.7. The zero-order chi connectivity index (χ0) is 20.5. The fourth-order valence-corrected chi connectivity index (χ4v) is 4.71. The van der Waals surface area contributed by atoms with E-state index in [-0.39, 0.29) is 18.7 Å². The van der Waals surface area contributed by atoms with E-state index < -0.39 is 13.7 Å². The van der Waals surface area contributed by atoms with E-state index in [0.29, 0.717) is 12.8 Å². The van der Waals surface area contributed by atoms with E-state index in [0.717, 1.165) is 25.7 Å². The van der Waals surface area contributed by atoms with Crippen molar-refractivity contribution >= 4 is 13.6 Å². The van der Waals surface area contributed by atoms with Crippen LogP contribution in [0, 0.1) is 0 Å². The van der Waals surface area contributed by atoms with Gasteiger partial charge in [0.05, 0.1) is 6.16 Å². The summed E-state index contributed by atoms with van der Waals surface area (Å²) in [6.45, 7) is 2.35. The maximum absolute atomic E-state index is 11.7. The number of carbonyl (C=O) groups excluding carboxylic acids is 1. The molecule has 0 bridgehead atoms. The number of esters is 1. The number of hydrogen-bond donors (Lipinski definition) is 1. The van der Waals surface area contributed by atoms with E-state index in [1.54, 1.807) is 0 Å². The van der Waals surface area contributed by atoms with Gasteiger partial charge in [-0.15, -0.1) is 0 Å². The van der Waals surface area contributed by atoms with Crippen molar-refractivity contribution in [3.05, 3.63) is 12.2 Å². The van der Waals surface area contributed by atoms with Crippen LogP contribution in [0.3, 0.4) is 0 Å². The lowest BCUT2D eigenvalue weighted by atomic mass is 10.1. The van der Waals surface area contributed by atoms with Crippen LogP contribution in [-0.4, -0.2) is 29.7 Å². The molecule has 2 atom stereocenters. The summed E-state index contributed by atoms with van der Waals surface area (Å²) in [7, 11) is -3.41. The second kappa shape index (κ2) is 16.2. The lowest BCUT2D eigenvalue weighted by Gasteiger charge is -2.10. The second-order valence-corrected chi connectivity index (χ2v) is 9.83. The van der Waals surface area contributed by atoms with Gasteiger partial charge in [0.15, 0.2) is 0 Å². The Kier molecular flexibility index (Phi) is 14.7. The van der Waals surface area contributed by atoms with Crippen LogP contribution in [0.1, 0.15) is 103 Å². The fourth-order valence-electron chi connectivity index (χ4n) is 3.36. The molecule has 1 aliphatic heterocycles. The molecule has 1 rings (SSSR count). The number of carbonyl (C=O) groups is 1. The predicted molar refractivity (Wildman–Crippen MR) is 115 cm³/mol. The first kappa shape index (κ1) is 25.4. The Labute approximate surface area is 171 Å². The lowest BCUT2D eigenvalue weighted by Crippen LogP contribution is -2.17. The molecule has 0 aromatic rings. The van der Waals surface area contributed by atoms with Crippen LogP contribution in [0.4, 0.5) is 0 Å². The van der Waals surface area contributed by atoms with Crippen molar-refractivity contribution in [3.8, 4) is 0 Å². The highest BCUT2D eigenvalue weighted by Crippen LogP contribution is 2.50. The van der Waals surface area contributed by atoms with E-state index in [4.69, 9.17) is 9.26 Å². The van der Waals surface area contributed by atoms with Crippen LogP contribution < -0.4 is 0 Å². The average Bonchev–Trinajstić information content (AvgIpc) is 3.02. The molecule has 0 aliphatic carbocycles. The van der Waals surface area contributed by atoms with Gasteiger partial charge in [0, 0.05) is 6.42 Å². The highest BCUT2D eigenvalue weighted by Gasteiger charge is 2.33. The minimum atomic E-state index is -3.41. The largest absolute Gasteiger partial charge is 0.463 e. The van der Waals surface area contributed by atoms with E-state index in [9.17, 15) is 14.3 Å². The molecule has 1 heterocycles. The number of rotatable bonds is 17. The molecular weight excluding hydrogens is 375 g/mol. The zero-order valence-electron chi connectivity index (χ0n) is 17.8.